The average Bonchev–Trinajstić information content (AvgIpc) is 2.98. The van der Waals surface area contributed by atoms with E-state index in [4.69, 9.17) is 0 Å². The lowest BCUT2D eigenvalue weighted by Gasteiger charge is -2.13. The minimum absolute atomic E-state index is 0.0787. The number of hydrogen-bond acceptors (Lipinski definition) is 4. The van der Waals surface area contributed by atoms with Gasteiger partial charge in [-0.15, -0.1) is 10.2 Å². The van der Waals surface area contributed by atoms with Gasteiger partial charge >= 0.3 is 0 Å². The summed E-state index contributed by atoms with van der Waals surface area (Å²) in [6.45, 7) is 5.92. The number of nitrogens with one attached hydrogen (secondary N) is 1. The van der Waals surface area contributed by atoms with E-state index in [1.54, 1.807) is 0 Å². The molecule has 0 saturated carbocycles. The zero-order valence-electron chi connectivity index (χ0n) is 15.7. The van der Waals surface area contributed by atoms with E-state index in [2.05, 4.69) is 31.4 Å². The molecule has 0 fully saturated rings. The van der Waals surface area contributed by atoms with E-state index in [9.17, 15) is 4.79 Å². The van der Waals surface area contributed by atoms with Crippen LogP contribution in [-0.2, 0) is 11.8 Å². The number of thioether (sulfide) groups is 1. The molecule has 1 amide bonds. The summed E-state index contributed by atoms with van der Waals surface area (Å²) in [5.74, 6) is 0.717. The van der Waals surface area contributed by atoms with Crippen LogP contribution in [0.25, 0.3) is 11.4 Å². The molecule has 27 heavy (non-hydrogen) atoms. The van der Waals surface area contributed by atoms with E-state index in [1.165, 1.54) is 11.8 Å². The Hall–Kier alpha value is -2.12. The van der Waals surface area contributed by atoms with Crippen molar-refractivity contribution >= 4 is 39.3 Å². The second kappa shape index (κ2) is 8.27. The van der Waals surface area contributed by atoms with Crippen molar-refractivity contribution in [3.05, 3.63) is 58.1 Å². The smallest absolute Gasteiger partial charge is 0.237 e. The Balaban J connectivity index is 1.73. The highest BCUT2D eigenvalue weighted by molar-refractivity contribution is 9.10. The van der Waals surface area contributed by atoms with Gasteiger partial charge in [0, 0.05) is 17.1 Å². The van der Waals surface area contributed by atoms with Crippen molar-refractivity contribution in [2.45, 2.75) is 31.2 Å². The molecular formula is C20H21BrN4OS. The SMILES string of the molecule is Cc1ccc(NC(=O)C(C)Sc2nnc(-c3ccccc3C)n2C)c(Br)c1. The summed E-state index contributed by atoms with van der Waals surface area (Å²) in [6, 6.07) is 13.9. The van der Waals surface area contributed by atoms with Gasteiger partial charge in [-0.1, -0.05) is 42.1 Å². The predicted octanol–water partition coefficient (Wildman–Crippen LogP) is 4.98. The van der Waals surface area contributed by atoms with Gasteiger partial charge in [-0.2, -0.15) is 0 Å². The fraction of sp³-hybridized carbons (Fsp3) is 0.250. The molecule has 1 aromatic heterocycles. The average molecular weight is 445 g/mol. The molecule has 1 N–H and O–H groups in total. The van der Waals surface area contributed by atoms with Crippen LogP contribution in [0.2, 0.25) is 0 Å². The highest BCUT2D eigenvalue weighted by atomic mass is 79.9. The maximum atomic E-state index is 12.6. The Kier molecular flexibility index (Phi) is 6.01. The Morgan fingerprint density at radius 3 is 2.63 bits per heavy atom. The number of carbonyl (C=O) groups is 1. The van der Waals surface area contributed by atoms with Gasteiger partial charge in [0.1, 0.15) is 0 Å². The van der Waals surface area contributed by atoms with Crippen LogP contribution in [0.4, 0.5) is 5.69 Å². The highest BCUT2D eigenvalue weighted by Gasteiger charge is 2.20. The minimum Gasteiger partial charge on any atom is -0.324 e. The predicted molar refractivity (Wildman–Crippen MR) is 114 cm³/mol. The molecule has 0 saturated heterocycles. The summed E-state index contributed by atoms with van der Waals surface area (Å²) in [5.41, 5.74) is 4.07. The van der Waals surface area contributed by atoms with Crippen molar-refractivity contribution < 1.29 is 4.79 Å². The number of amides is 1. The lowest BCUT2D eigenvalue weighted by Crippen LogP contribution is -2.23. The molecule has 3 aromatic rings. The van der Waals surface area contributed by atoms with Gasteiger partial charge < -0.3 is 9.88 Å². The van der Waals surface area contributed by atoms with Crippen molar-refractivity contribution in [3.63, 3.8) is 0 Å². The molecule has 0 aliphatic carbocycles. The molecule has 0 radical (unpaired) electrons. The van der Waals surface area contributed by atoms with E-state index in [0.717, 1.165) is 32.7 Å². The van der Waals surface area contributed by atoms with Crippen LogP contribution in [0.1, 0.15) is 18.1 Å². The second-order valence-corrected chi connectivity index (χ2v) is 8.58. The first-order chi connectivity index (χ1) is 12.9. The molecule has 7 heteroatoms. The standard InChI is InChI=1S/C20H21BrN4OS/c1-12-9-10-17(16(21)11-12)22-19(26)14(3)27-20-24-23-18(25(20)4)15-8-6-5-7-13(15)2/h5-11,14H,1-4H3,(H,22,26). The second-order valence-electron chi connectivity index (χ2n) is 6.41. The summed E-state index contributed by atoms with van der Waals surface area (Å²) in [6.07, 6.45) is 0. The molecule has 1 unspecified atom stereocenters. The number of hydrogen-bond donors (Lipinski definition) is 1. The van der Waals surface area contributed by atoms with Gasteiger partial charge in [0.2, 0.25) is 5.91 Å². The Labute approximate surface area is 171 Å². The minimum atomic E-state index is -0.314. The van der Waals surface area contributed by atoms with Crippen LogP contribution >= 0.6 is 27.7 Å². The maximum absolute atomic E-state index is 12.6. The topological polar surface area (TPSA) is 59.8 Å². The molecule has 1 atom stereocenters. The molecule has 0 spiro atoms. The van der Waals surface area contributed by atoms with Crippen molar-refractivity contribution in [3.8, 4) is 11.4 Å². The van der Waals surface area contributed by atoms with E-state index in [0.29, 0.717) is 5.16 Å². The molecule has 140 valence electrons. The van der Waals surface area contributed by atoms with Crippen molar-refractivity contribution in [1.82, 2.24) is 14.8 Å². The van der Waals surface area contributed by atoms with Crippen LogP contribution in [-0.4, -0.2) is 25.9 Å². The van der Waals surface area contributed by atoms with E-state index in [1.807, 2.05) is 74.9 Å². The Morgan fingerprint density at radius 2 is 1.93 bits per heavy atom. The number of rotatable bonds is 5. The zero-order valence-corrected chi connectivity index (χ0v) is 18.1. The first-order valence-electron chi connectivity index (χ1n) is 8.56. The van der Waals surface area contributed by atoms with Gasteiger partial charge in [-0.25, -0.2) is 0 Å². The fourth-order valence-electron chi connectivity index (χ4n) is 2.64. The first kappa shape index (κ1) is 19.6. The van der Waals surface area contributed by atoms with Crippen molar-refractivity contribution in [2.75, 3.05) is 5.32 Å². The van der Waals surface area contributed by atoms with Gasteiger partial charge in [0.15, 0.2) is 11.0 Å². The van der Waals surface area contributed by atoms with Crippen molar-refractivity contribution in [2.24, 2.45) is 7.05 Å². The molecule has 2 aromatic carbocycles. The molecular weight excluding hydrogens is 424 g/mol. The van der Waals surface area contributed by atoms with Gasteiger partial charge in [-0.05, 0) is 60.0 Å². The third-order valence-electron chi connectivity index (χ3n) is 4.25. The number of anilines is 1. The lowest BCUT2D eigenvalue weighted by atomic mass is 10.1. The number of halogens is 1. The molecule has 0 aliphatic heterocycles. The lowest BCUT2D eigenvalue weighted by molar-refractivity contribution is -0.115. The van der Waals surface area contributed by atoms with Crippen molar-refractivity contribution in [1.29, 1.82) is 0 Å². The van der Waals surface area contributed by atoms with E-state index >= 15 is 0 Å². The normalized spacial score (nSPS) is 12.0. The van der Waals surface area contributed by atoms with E-state index in [-0.39, 0.29) is 11.2 Å². The van der Waals surface area contributed by atoms with Crippen LogP contribution in [0.3, 0.4) is 0 Å². The monoisotopic (exact) mass is 444 g/mol. The summed E-state index contributed by atoms with van der Waals surface area (Å²) in [5, 5.41) is 12.0. The number of carbonyl (C=O) groups excluding carboxylic acids is 1. The third kappa shape index (κ3) is 4.42. The summed E-state index contributed by atoms with van der Waals surface area (Å²) in [7, 11) is 1.92. The molecule has 0 bridgehead atoms. The van der Waals surface area contributed by atoms with Gasteiger partial charge in [-0.3, -0.25) is 4.79 Å². The molecule has 0 aliphatic rings. The van der Waals surface area contributed by atoms with Crippen LogP contribution < -0.4 is 5.32 Å². The summed E-state index contributed by atoms with van der Waals surface area (Å²) in [4.78, 5) is 12.6. The summed E-state index contributed by atoms with van der Waals surface area (Å²) >= 11 is 4.88. The third-order valence-corrected chi connectivity index (χ3v) is 6.04. The molecule has 3 rings (SSSR count). The number of aromatic nitrogens is 3. The maximum Gasteiger partial charge on any atom is 0.237 e. The largest absolute Gasteiger partial charge is 0.324 e. The number of nitrogens with zero attached hydrogens (tertiary/aromatic N) is 3. The van der Waals surface area contributed by atoms with E-state index < -0.39 is 0 Å². The highest BCUT2D eigenvalue weighted by Crippen LogP contribution is 2.29. The Morgan fingerprint density at radius 1 is 1.19 bits per heavy atom. The van der Waals surface area contributed by atoms with Crippen LogP contribution in [0.5, 0.6) is 0 Å². The molecule has 5 nitrogen and oxygen atoms in total. The molecule has 1 heterocycles. The number of benzene rings is 2. The Bertz CT molecular complexity index is 986. The quantitative estimate of drug-likeness (QED) is 0.563. The fourth-order valence-corrected chi connectivity index (χ4v) is 4.05. The number of aryl methyl sites for hydroxylation is 2. The zero-order chi connectivity index (χ0) is 19.6. The summed E-state index contributed by atoms with van der Waals surface area (Å²) < 4.78 is 2.80. The van der Waals surface area contributed by atoms with Crippen LogP contribution in [0.15, 0.2) is 52.1 Å². The van der Waals surface area contributed by atoms with Gasteiger partial charge in [0.25, 0.3) is 0 Å². The van der Waals surface area contributed by atoms with Gasteiger partial charge in [0.05, 0.1) is 10.9 Å². The first-order valence-corrected chi connectivity index (χ1v) is 10.2. The van der Waals surface area contributed by atoms with Crippen LogP contribution in [0, 0.1) is 13.8 Å².